The Bertz CT molecular complexity index is 338. The number of rotatable bonds is 6. The van der Waals surface area contributed by atoms with Crippen molar-refractivity contribution >= 4 is 12.0 Å². The minimum absolute atomic E-state index is 0.192. The lowest BCUT2D eigenvalue weighted by Gasteiger charge is -2.37. The number of carboxylic acids is 1. The normalized spacial score (nSPS) is 12.4. The molecule has 0 bridgehead atoms. The van der Waals surface area contributed by atoms with Gasteiger partial charge in [0.05, 0.1) is 0 Å². The Balaban J connectivity index is 4.77. The molecule has 19 heavy (non-hydrogen) atoms. The van der Waals surface area contributed by atoms with E-state index in [4.69, 9.17) is 0 Å². The molecule has 0 spiro atoms. The van der Waals surface area contributed by atoms with Crippen molar-refractivity contribution in [3.63, 3.8) is 0 Å². The molecule has 2 amide bonds. The summed E-state index contributed by atoms with van der Waals surface area (Å²) < 4.78 is 0. The van der Waals surface area contributed by atoms with Gasteiger partial charge in [0.2, 0.25) is 0 Å². The summed E-state index contributed by atoms with van der Waals surface area (Å²) in [4.78, 5) is 26.7. The molecule has 0 aliphatic heterocycles. The molecule has 0 aliphatic carbocycles. The lowest BCUT2D eigenvalue weighted by atomic mass is 10.0. The zero-order valence-corrected chi connectivity index (χ0v) is 13.1. The molecule has 0 aromatic rings. The Morgan fingerprint density at radius 2 is 1.63 bits per heavy atom. The molecular weight excluding hydrogens is 246 g/mol. The van der Waals surface area contributed by atoms with E-state index in [0.29, 0.717) is 13.1 Å². The van der Waals surface area contributed by atoms with Crippen LogP contribution in [-0.4, -0.2) is 65.2 Å². The van der Waals surface area contributed by atoms with Crippen LogP contribution in [0.1, 0.15) is 34.6 Å². The van der Waals surface area contributed by atoms with E-state index in [2.05, 4.69) is 5.32 Å². The van der Waals surface area contributed by atoms with Crippen molar-refractivity contribution in [1.29, 1.82) is 0 Å². The predicted octanol–water partition coefficient (Wildman–Crippen LogP) is 1.22. The van der Waals surface area contributed by atoms with Gasteiger partial charge < -0.3 is 20.2 Å². The van der Waals surface area contributed by atoms with Crippen molar-refractivity contribution in [1.82, 2.24) is 15.1 Å². The molecule has 0 atom stereocenters. The summed E-state index contributed by atoms with van der Waals surface area (Å²) >= 11 is 0. The molecule has 0 saturated heterocycles. The number of carbonyl (C=O) groups excluding carboxylic acids is 1. The van der Waals surface area contributed by atoms with Crippen LogP contribution in [0.25, 0.3) is 0 Å². The first-order valence-electron chi connectivity index (χ1n) is 6.43. The Hall–Kier alpha value is -1.30. The van der Waals surface area contributed by atoms with E-state index in [0.717, 1.165) is 0 Å². The van der Waals surface area contributed by atoms with Gasteiger partial charge in [-0.05, 0) is 48.7 Å². The van der Waals surface area contributed by atoms with Crippen LogP contribution in [0.2, 0.25) is 0 Å². The van der Waals surface area contributed by atoms with Crippen molar-refractivity contribution < 1.29 is 14.7 Å². The molecule has 0 unspecified atom stereocenters. The number of carboxylic acid groups (broad SMARTS) is 1. The number of nitrogens with one attached hydrogen (secondary N) is 1. The molecule has 2 N–H and O–H groups in total. The molecule has 0 heterocycles. The van der Waals surface area contributed by atoms with Crippen molar-refractivity contribution in [2.75, 3.05) is 27.2 Å². The van der Waals surface area contributed by atoms with Gasteiger partial charge in [-0.1, -0.05) is 0 Å². The van der Waals surface area contributed by atoms with Crippen molar-refractivity contribution in [2.45, 2.75) is 45.7 Å². The van der Waals surface area contributed by atoms with Crippen LogP contribution in [0, 0.1) is 0 Å². The van der Waals surface area contributed by atoms with Crippen LogP contribution < -0.4 is 5.32 Å². The summed E-state index contributed by atoms with van der Waals surface area (Å²) in [6.07, 6.45) is 0. The second-order valence-corrected chi connectivity index (χ2v) is 5.97. The van der Waals surface area contributed by atoms with Crippen molar-refractivity contribution in [3.8, 4) is 0 Å². The maximum Gasteiger partial charge on any atom is 0.329 e. The topological polar surface area (TPSA) is 72.9 Å². The van der Waals surface area contributed by atoms with Gasteiger partial charge >= 0.3 is 12.0 Å². The highest BCUT2D eigenvalue weighted by atomic mass is 16.4. The van der Waals surface area contributed by atoms with Gasteiger partial charge in [0.15, 0.2) is 0 Å². The van der Waals surface area contributed by atoms with E-state index >= 15 is 0 Å². The fourth-order valence-corrected chi connectivity index (χ4v) is 1.45. The van der Waals surface area contributed by atoms with Crippen LogP contribution in [0.15, 0.2) is 0 Å². The summed E-state index contributed by atoms with van der Waals surface area (Å²) in [6.45, 7) is 9.61. The minimum atomic E-state index is -1.22. The van der Waals surface area contributed by atoms with Crippen LogP contribution in [0.4, 0.5) is 4.79 Å². The SMILES string of the molecule is CCN(C(=O)NCC(C)(C)N(C)C)C(C)(C)C(=O)O. The minimum Gasteiger partial charge on any atom is -0.480 e. The van der Waals surface area contributed by atoms with Crippen LogP contribution in [-0.2, 0) is 4.79 Å². The third-order valence-corrected chi connectivity index (χ3v) is 3.64. The van der Waals surface area contributed by atoms with Gasteiger partial charge in [-0.25, -0.2) is 9.59 Å². The van der Waals surface area contributed by atoms with E-state index in [9.17, 15) is 14.7 Å². The molecule has 0 fully saturated rings. The standard InChI is InChI=1S/C13H27N3O3/c1-8-16(13(4,5)10(17)18)11(19)14-9-12(2,3)15(6)7/h8-9H2,1-7H3,(H,14,19)(H,17,18). The van der Waals surface area contributed by atoms with Gasteiger partial charge in [0, 0.05) is 18.6 Å². The number of hydrogen-bond donors (Lipinski definition) is 2. The zero-order valence-electron chi connectivity index (χ0n) is 13.1. The monoisotopic (exact) mass is 273 g/mol. The van der Waals surface area contributed by atoms with Crippen molar-refractivity contribution in [2.24, 2.45) is 0 Å². The molecule has 0 aromatic carbocycles. The molecule has 0 aromatic heterocycles. The smallest absolute Gasteiger partial charge is 0.329 e. The van der Waals surface area contributed by atoms with E-state index in [1.165, 1.54) is 18.7 Å². The van der Waals surface area contributed by atoms with Gasteiger partial charge in [-0.15, -0.1) is 0 Å². The average molecular weight is 273 g/mol. The third-order valence-electron chi connectivity index (χ3n) is 3.64. The van der Waals surface area contributed by atoms with E-state index in [1.54, 1.807) is 6.92 Å². The molecule has 6 nitrogen and oxygen atoms in total. The van der Waals surface area contributed by atoms with E-state index < -0.39 is 11.5 Å². The van der Waals surface area contributed by atoms with Crippen LogP contribution in [0.3, 0.4) is 0 Å². The van der Waals surface area contributed by atoms with E-state index in [1.807, 2.05) is 32.8 Å². The number of urea groups is 1. The molecular formula is C13H27N3O3. The lowest BCUT2D eigenvalue weighted by molar-refractivity contribution is -0.147. The molecule has 0 rings (SSSR count). The Morgan fingerprint density at radius 1 is 1.16 bits per heavy atom. The van der Waals surface area contributed by atoms with Gasteiger partial charge in [0.25, 0.3) is 0 Å². The quantitative estimate of drug-likeness (QED) is 0.763. The molecule has 6 heteroatoms. The number of hydrogen-bond acceptors (Lipinski definition) is 3. The highest BCUT2D eigenvalue weighted by molar-refractivity contribution is 5.85. The summed E-state index contributed by atoms with van der Waals surface area (Å²) in [6, 6.07) is -0.357. The number of nitrogens with zero attached hydrogens (tertiary/aromatic N) is 2. The number of amides is 2. The number of likely N-dealkylation sites (N-methyl/N-ethyl adjacent to an activating group) is 2. The third kappa shape index (κ3) is 4.38. The summed E-state index contributed by atoms with van der Waals surface area (Å²) in [5.74, 6) is -1.02. The predicted molar refractivity (Wildman–Crippen MR) is 75.3 cm³/mol. The Kier molecular flexibility index (Phi) is 5.81. The second-order valence-electron chi connectivity index (χ2n) is 5.97. The second kappa shape index (κ2) is 6.23. The Labute approximate surface area is 115 Å². The largest absolute Gasteiger partial charge is 0.480 e. The van der Waals surface area contributed by atoms with Gasteiger partial charge in [-0.2, -0.15) is 0 Å². The highest BCUT2D eigenvalue weighted by Crippen LogP contribution is 2.15. The van der Waals surface area contributed by atoms with Gasteiger partial charge in [0.1, 0.15) is 5.54 Å². The lowest BCUT2D eigenvalue weighted by Crippen LogP contribution is -2.58. The molecule has 0 radical (unpaired) electrons. The fraction of sp³-hybridized carbons (Fsp3) is 0.846. The van der Waals surface area contributed by atoms with Gasteiger partial charge in [-0.3, -0.25) is 0 Å². The molecule has 0 saturated carbocycles. The first-order chi connectivity index (χ1) is 8.46. The first-order valence-corrected chi connectivity index (χ1v) is 6.43. The first kappa shape index (κ1) is 17.7. The number of carbonyl (C=O) groups is 2. The average Bonchev–Trinajstić information content (AvgIpc) is 2.26. The maximum atomic E-state index is 12.1. The maximum absolute atomic E-state index is 12.1. The number of aliphatic carboxylic acids is 1. The molecule has 112 valence electrons. The Morgan fingerprint density at radius 3 is 1.95 bits per heavy atom. The summed E-state index contributed by atoms with van der Waals surface area (Å²) in [5, 5.41) is 12.0. The summed E-state index contributed by atoms with van der Waals surface area (Å²) in [7, 11) is 3.87. The van der Waals surface area contributed by atoms with Crippen LogP contribution >= 0.6 is 0 Å². The summed E-state index contributed by atoms with van der Waals surface area (Å²) in [5.41, 5.74) is -1.41. The molecule has 0 aliphatic rings. The fourth-order valence-electron chi connectivity index (χ4n) is 1.45. The van der Waals surface area contributed by atoms with Crippen LogP contribution in [0.5, 0.6) is 0 Å². The highest BCUT2D eigenvalue weighted by Gasteiger charge is 2.37. The van der Waals surface area contributed by atoms with E-state index in [-0.39, 0.29) is 11.6 Å². The van der Waals surface area contributed by atoms with Crippen molar-refractivity contribution in [3.05, 3.63) is 0 Å². The zero-order chi connectivity index (χ0) is 15.4.